The van der Waals surface area contributed by atoms with Crippen molar-refractivity contribution in [1.82, 2.24) is 14.9 Å². The van der Waals surface area contributed by atoms with E-state index >= 15 is 0 Å². The quantitative estimate of drug-likeness (QED) is 0.918. The van der Waals surface area contributed by atoms with Crippen molar-refractivity contribution in [3.63, 3.8) is 0 Å². The zero-order valence-corrected chi connectivity index (χ0v) is 12.6. The number of fused-ring (bicyclic) bond motifs is 1. The first-order chi connectivity index (χ1) is 10.2. The number of hydrogen-bond acceptors (Lipinski definition) is 2. The number of benzene rings is 1. The van der Waals surface area contributed by atoms with Gasteiger partial charge in [-0.15, -0.1) is 0 Å². The second-order valence-corrected chi connectivity index (χ2v) is 6.00. The van der Waals surface area contributed by atoms with E-state index in [1.54, 1.807) is 0 Å². The lowest BCUT2D eigenvalue weighted by Gasteiger charge is -2.11. The van der Waals surface area contributed by atoms with E-state index in [1.807, 2.05) is 25.1 Å². The molecule has 0 aliphatic heterocycles. The van der Waals surface area contributed by atoms with Crippen molar-refractivity contribution in [3.05, 3.63) is 30.1 Å². The van der Waals surface area contributed by atoms with Gasteiger partial charge in [-0.25, -0.2) is 4.98 Å². The molecule has 1 N–H and O–H groups in total. The molecule has 1 fully saturated rings. The highest BCUT2D eigenvalue weighted by atomic mass is 16.1. The maximum absolute atomic E-state index is 11.9. The lowest BCUT2D eigenvalue weighted by Crippen LogP contribution is -2.28. The Labute approximate surface area is 125 Å². The SMILES string of the molecule is Cc1nc2ccccc2n1CCNC(=O)CC1CCCC1. The molecule has 112 valence electrons. The second kappa shape index (κ2) is 6.29. The number of imidazole rings is 1. The van der Waals surface area contributed by atoms with E-state index in [4.69, 9.17) is 0 Å². The number of aryl methyl sites for hydroxylation is 1. The zero-order valence-electron chi connectivity index (χ0n) is 12.6. The van der Waals surface area contributed by atoms with Gasteiger partial charge < -0.3 is 9.88 Å². The number of carbonyl (C=O) groups excluding carboxylic acids is 1. The summed E-state index contributed by atoms with van der Waals surface area (Å²) < 4.78 is 2.17. The van der Waals surface area contributed by atoms with Crippen LogP contribution in [0, 0.1) is 12.8 Å². The molecule has 1 aromatic heterocycles. The van der Waals surface area contributed by atoms with Gasteiger partial charge in [0.25, 0.3) is 0 Å². The summed E-state index contributed by atoms with van der Waals surface area (Å²) in [6.07, 6.45) is 5.72. The van der Waals surface area contributed by atoms with Gasteiger partial charge in [0.1, 0.15) is 5.82 Å². The predicted octanol–water partition coefficient (Wildman–Crippen LogP) is 3.04. The molecule has 0 spiro atoms. The van der Waals surface area contributed by atoms with Gasteiger partial charge >= 0.3 is 0 Å². The van der Waals surface area contributed by atoms with E-state index in [1.165, 1.54) is 25.7 Å². The lowest BCUT2D eigenvalue weighted by molar-refractivity contribution is -0.122. The third kappa shape index (κ3) is 3.26. The molecule has 1 amide bonds. The minimum absolute atomic E-state index is 0.198. The van der Waals surface area contributed by atoms with Gasteiger partial charge in [0.2, 0.25) is 5.91 Å². The highest BCUT2D eigenvalue weighted by Gasteiger charge is 2.18. The van der Waals surface area contributed by atoms with Crippen molar-refractivity contribution >= 4 is 16.9 Å². The summed E-state index contributed by atoms with van der Waals surface area (Å²) in [7, 11) is 0. The Morgan fingerprint density at radius 2 is 2.10 bits per heavy atom. The number of carbonyl (C=O) groups is 1. The standard InChI is InChI=1S/C17H23N3O/c1-13-19-15-8-4-5-9-16(15)20(13)11-10-18-17(21)12-14-6-2-3-7-14/h4-5,8-9,14H,2-3,6-7,10-12H2,1H3,(H,18,21). The summed E-state index contributed by atoms with van der Waals surface area (Å²) in [6, 6.07) is 8.13. The van der Waals surface area contributed by atoms with Crippen molar-refractivity contribution in [2.24, 2.45) is 5.92 Å². The molecule has 0 saturated heterocycles. The number of para-hydroxylation sites is 2. The van der Waals surface area contributed by atoms with Gasteiger partial charge in [-0.3, -0.25) is 4.79 Å². The number of rotatable bonds is 5. The monoisotopic (exact) mass is 285 g/mol. The summed E-state index contributed by atoms with van der Waals surface area (Å²) in [4.78, 5) is 16.5. The number of aromatic nitrogens is 2. The van der Waals surface area contributed by atoms with E-state index < -0.39 is 0 Å². The first-order valence-corrected chi connectivity index (χ1v) is 7.92. The predicted molar refractivity (Wildman–Crippen MR) is 84.1 cm³/mol. The molecule has 1 aromatic carbocycles. The molecule has 1 saturated carbocycles. The molecule has 0 unspecified atom stereocenters. The van der Waals surface area contributed by atoms with Gasteiger partial charge in [0.15, 0.2) is 0 Å². The van der Waals surface area contributed by atoms with Gasteiger partial charge in [0.05, 0.1) is 11.0 Å². The minimum Gasteiger partial charge on any atom is -0.354 e. The minimum atomic E-state index is 0.198. The van der Waals surface area contributed by atoms with Crippen LogP contribution in [0.3, 0.4) is 0 Å². The Bertz CT molecular complexity index is 626. The molecule has 21 heavy (non-hydrogen) atoms. The van der Waals surface area contributed by atoms with Crippen molar-refractivity contribution in [2.75, 3.05) is 6.54 Å². The van der Waals surface area contributed by atoms with Crippen molar-refractivity contribution in [3.8, 4) is 0 Å². The van der Waals surface area contributed by atoms with Crippen molar-refractivity contribution in [2.45, 2.75) is 45.6 Å². The summed E-state index contributed by atoms with van der Waals surface area (Å²) in [5, 5.41) is 3.05. The van der Waals surface area contributed by atoms with Crippen LogP contribution in [0.25, 0.3) is 11.0 Å². The van der Waals surface area contributed by atoms with Crippen LogP contribution < -0.4 is 5.32 Å². The van der Waals surface area contributed by atoms with Crippen LogP contribution in [0.4, 0.5) is 0 Å². The van der Waals surface area contributed by atoms with Crippen LogP contribution in [-0.2, 0) is 11.3 Å². The smallest absolute Gasteiger partial charge is 0.220 e. The maximum Gasteiger partial charge on any atom is 0.220 e. The molecule has 3 rings (SSSR count). The first kappa shape index (κ1) is 14.1. The van der Waals surface area contributed by atoms with E-state index in [-0.39, 0.29) is 5.91 Å². The molecule has 4 heteroatoms. The van der Waals surface area contributed by atoms with E-state index in [2.05, 4.69) is 20.9 Å². The lowest BCUT2D eigenvalue weighted by atomic mass is 10.0. The topological polar surface area (TPSA) is 46.9 Å². The summed E-state index contributed by atoms with van der Waals surface area (Å²) in [6.45, 7) is 3.47. The van der Waals surface area contributed by atoms with Crippen LogP contribution in [0.5, 0.6) is 0 Å². The van der Waals surface area contributed by atoms with Gasteiger partial charge in [-0.05, 0) is 37.8 Å². The number of amides is 1. The number of hydrogen-bond donors (Lipinski definition) is 1. The average molecular weight is 285 g/mol. The highest BCUT2D eigenvalue weighted by Crippen LogP contribution is 2.27. The molecule has 0 bridgehead atoms. The Morgan fingerprint density at radius 3 is 2.90 bits per heavy atom. The largest absolute Gasteiger partial charge is 0.354 e. The highest BCUT2D eigenvalue weighted by molar-refractivity contribution is 5.77. The normalized spacial score (nSPS) is 15.7. The number of nitrogens with zero attached hydrogens (tertiary/aromatic N) is 2. The number of nitrogens with one attached hydrogen (secondary N) is 1. The summed E-state index contributed by atoms with van der Waals surface area (Å²) >= 11 is 0. The maximum atomic E-state index is 11.9. The van der Waals surface area contributed by atoms with Crippen molar-refractivity contribution in [1.29, 1.82) is 0 Å². The fraction of sp³-hybridized carbons (Fsp3) is 0.529. The van der Waals surface area contributed by atoms with E-state index in [0.29, 0.717) is 18.9 Å². The first-order valence-electron chi connectivity index (χ1n) is 7.92. The van der Waals surface area contributed by atoms with E-state index in [9.17, 15) is 4.79 Å². The van der Waals surface area contributed by atoms with Crippen LogP contribution in [0.1, 0.15) is 37.9 Å². The average Bonchev–Trinajstić information content (AvgIpc) is 3.07. The molecule has 1 aliphatic carbocycles. The fourth-order valence-corrected chi connectivity index (χ4v) is 3.33. The summed E-state index contributed by atoms with van der Waals surface area (Å²) in [5.74, 6) is 1.81. The molecular formula is C17H23N3O. The molecule has 2 aromatic rings. The third-order valence-corrected chi connectivity index (χ3v) is 4.45. The Morgan fingerprint density at radius 1 is 1.33 bits per heavy atom. The van der Waals surface area contributed by atoms with E-state index in [0.717, 1.165) is 23.4 Å². The van der Waals surface area contributed by atoms with Crippen LogP contribution in [-0.4, -0.2) is 22.0 Å². The zero-order chi connectivity index (χ0) is 14.7. The van der Waals surface area contributed by atoms with Gasteiger partial charge in [-0.1, -0.05) is 25.0 Å². The summed E-state index contributed by atoms with van der Waals surface area (Å²) in [5.41, 5.74) is 2.16. The van der Waals surface area contributed by atoms with Gasteiger partial charge in [-0.2, -0.15) is 0 Å². The van der Waals surface area contributed by atoms with Crippen LogP contribution in [0.15, 0.2) is 24.3 Å². The Kier molecular flexibility index (Phi) is 4.23. The molecule has 1 aliphatic rings. The van der Waals surface area contributed by atoms with Gasteiger partial charge in [0, 0.05) is 19.5 Å². The molecule has 4 nitrogen and oxygen atoms in total. The third-order valence-electron chi connectivity index (χ3n) is 4.45. The Balaban J connectivity index is 1.54. The Hall–Kier alpha value is -1.84. The molecule has 1 heterocycles. The molecule has 0 radical (unpaired) electrons. The molecular weight excluding hydrogens is 262 g/mol. The molecule has 0 atom stereocenters. The van der Waals surface area contributed by atoms with Crippen LogP contribution in [0.2, 0.25) is 0 Å². The van der Waals surface area contributed by atoms with Crippen molar-refractivity contribution < 1.29 is 4.79 Å². The van der Waals surface area contributed by atoms with Crippen LogP contribution >= 0.6 is 0 Å². The fourth-order valence-electron chi connectivity index (χ4n) is 3.33. The second-order valence-electron chi connectivity index (χ2n) is 6.00.